The quantitative estimate of drug-likeness (QED) is 0.772. The maximum atomic E-state index is 5.59. The summed E-state index contributed by atoms with van der Waals surface area (Å²) in [5.41, 5.74) is 2.14. The third kappa shape index (κ3) is 4.10. The van der Waals surface area contributed by atoms with E-state index in [0.29, 0.717) is 12.5 Å². The summed E-state index contributed by atoms with van der Waals surface area (Å²) in [5, 5.41) is 3.27. The number of ether oxygens (including phenoxy) is 1. The van der Waals surface area contributed by atoms with Crippen LogP contribution in [0.25, 0.3) is 0 Å². The lowest BCUT2D eigenvalue weighted by Gasteiger charge is -2.06. The van der Waals surface area contributed by atoms with Gasteiger partial charge in [0.15, 0.2) is 0 Å². The Hall–Kier alpha value is -1.81. The normalized spacial score (nSPS) is 11.0. The van der Waals surface area contributed by atoms with Gasteiger partial charge >= 0.3 is 6.08 Å². The Labute approximate surface area is 120 Å². The van der Waals surface area contributed by atoms with Crippen molar-refractivity contribution < 1.29 is 9.15 Å². The average molecular weight is 274 g/mol. The van der Waals surface area contributed by atoms with Crippen molar-refractivity contribution in [1.82, 2.24) is 10.3 Å². The molecule has 0 saturated carbocycles. The van der Waals surface area contributed by atoms with Gasteiger partial charge in [0, 0.05) is 6.54 Å². The average Bonchev–Trinajstić information content (AvgIpc) is 2.87. The van der Waals surface area contributed by atoms with Crippen molar-refractivity contribution in [2.45, 2.75) is 39.7 Å². The summed E-state index contributed by atoms with van der Waals surface area (Å²) in [4.78, 5) is 4.28. The van der Waals surface area contributed by atoms with Crippen LogP contribution >= 0.6 is 0 Å². The lowest BCUT2D eigenvalue weighted by molar-refractivity contribution is 0.330. The van der Waals surface area contributed by atoms with E-state index in [-0.39, 0.29) is 6.08 Å². The maximum absolute atomic E-state index is 5.59. The summed E-state index contributed by atoms with van der Waals surface area (Å²) >= 11 is 0. The van der Waals surface area contributed by atoms with Crippen molar-refractivity contribution in [2.75, 3.05) is 6.54 Å². The van der Waals surface area contributed by atoms with E-state index in [9.17, 15) is 0 Å². The summed E-state index contributed by atoms with van der Waals surface area (Å²) in [7, 11) is 0. The molecular weight excluding hydrogens is 252 g/mol. The molecule has 4 nitrogen and oxygen atoms in total. The van der Waals surface area contributed by atoms with Crippen LogP contribution in [0.2, 0.25) is 0 Å². The Morgan fingerprint density at radius 2 is 2.00 bits per heavy atom. The van der Waals surface area contributed by atoms with Gasteiger partial charge in [0.1, 0.15) is 12.0 Å². The first kappa shape index (κ1) is 14.6. The van der Waals surface area contributed by atoms with Gasteiger partial charge in [-0.05, 0) is 36.6 Å². The van der Waals surface area contributed by atoms with E-state index in [4.69, 9.17) is 9.15 Å². The number of hydrogen-bond acceptors (Lipinski definition) is 4. The number of rotatable bonds is 7. The minimum atomic E-state index is 0.288. The van der Waals surface area contributed by atoms with Gasteiger partial charge in [-0.15, -0.1) is 0 Å². The standard InChI is InChI=1S/C16H22N2O2/c1-4-9-17-10-14-11-19-16(18-14)20-15-7-5-13(6-8-15)12(2)3/h5-8,11-12,17H,4,9-10H2,1-3H3. The fraction of sp³-hybridized carbons (Fsp3) is 0.438. The molecule has 0 bridgehead atoms. The van der Waals surface area contributed by atoms with Crippen molar-refractivity contribution in [3.05, 3.63) is 41.8 Å². The van der Waals surface area contributed by atoms with Gasteiger partial charge < -0.3 is 14.5 Å². The molecule has 108 valence electrons. The van der Waals surface area contributed by atoms with Crippen LogP contribution in [0.3, 0.4) is 0 Å². The van der Waals surface area contributed by atoms with Gasteiger partial charge in [-0.2, -0.15) is 4.98 Å². The highest BCUT2D eigenvalue weighted by Gasteiger charge is 2.06. The molecule has 1 aromatic heterocycles. The Balaban J connectivity index is 1.92. The van der Waals surface area contributed by atoms with E-state index in [1.165, 1.54) is 5.56 Å². The molecule has 0 aliphatic rings. The molecular formula is C16H22N2O2. The molecule has 0 atom stereocenters. The minimum Gasteiger partial charge on any atom is -0.417 e. The molecule has 1 aromatic carbocycles. The lowest BCUT2D eigenvalue weighted by atomic mass is 10.0. The van der Waals surface area contributed by atoms with E-state index in [0.717, 1.165) is 24.4 Å². The van der Waals surface area contributed by atoms with Crippen molar-refractivity contribution in [1.29, 1.82) is 0 Å². The van der Waals surface area contributed by atoms with Crippen LogP contribution in [0.5, 0.6) is 11.8 Å². The summed E-state index contributed by atoms with van der Waals surface area (Å²) < 4.78 is 10.9. The third-order valence-electron chi connectivity index (χ3n) is 3.02. The molecule has 0 fully saturated rings. The molecule has 4 heteroatoms. The molecule has 1 N–H and O–H groups in total. The minimum absolute atomic E-state index is 0.288. The molecule has 2 aromatic rings. The molecule has 0 radical (unpaired) electrons. The monoisotopic (exact) mass is 274 g/mol. The van der Waals surface area contributed by atoms with Crippen molar-refractivity contribution in [3.8, 4) is 11.8 Å². The van der Waals surface area contributed by atoms with Crippen LogP contribution in [-0.4, -0.2) is 11.5 Å². The SMILES string of the molecule is CCCNCc1coc(Oc2ccc(C(C)C)cc2)n1. The smallest absolute Gasteiger partial charge is 0.399 e. The molecule has 0 unspecified atom stereocenters. The summed E-state index contributed by atoms with van der Waals surface area (Å²) in [6.07, 6.45) is 3.01. The first-order valence-electron chi connectivity index (χ1n) is 7.12. The summed E-state index contributed by atoms with van der Waals surface area (Å²) in [5.74, 6) is 1.26. The first-order chi connectivity index (χ1) is 9.69. The second-order valence-electron chi connectivity index (χ2n) is 5.11. The maximum Gasteiger partial charge on any atom is 0.399 e. The van der Waals surface area contributed by atoms with Crippen LogP contribution in [0.4, 0.5) is 0 Å². The number of hydrogen-bond donors (Lipinski definition) is 1. The van der Waals surface area contributed by atoms with Crippen LogP contribution in [-0.2, 0) is 6.54 Å². The number of nitrogens with zero attached hydrogens (tertiary/aromatic N) is 1. The molecule has 0 amide bonds. The second kappa shape index (κ2) is 7.10. The Kier molecular flexibility index (Phi) is 5.18. The van der Waals surface area contributed by atoms with Gasteiger partial charge in [0.05, 0.1) is 5.69 Å². The van der Waals surface area contributed by atoms with Gasteiger partial charge in [-0.25, -0.2) is 0 Å². The predicted octanol–water partition coefficient (Wildman–Crippen LogP) is 4.09. The predicted molar refractivity (Wildman–Crippen MR) is 79.1 cm³/mol. The summed E-state index contributed by atoms with van der Waals surface area (Å²) in [6, 6.07) is 8.00. The highest BCUT2D eigenvalue weighted by atomic mass is 16.6. The Morgan fingerprint density at radius 3 is 2.65 bits per heavy atom. The highest BCUT2D eigenvalue weighted by Crippen LogP contribution is 2.23. The van der Waals surface area contributed by atoms with Gasteiger partial charge in [0.25, 0.3) is 0 Å². The van der Waals surface area contributed by atoms with Gasteiger partial charge in [-0.1, -0.05) is 32.9 Å². The second-order valence-corrected chi connectivity index (χ2v) is 5.11. The van der Waals surface area contributed by atoms with E-state index < -0.39 is 0 Å². The fourth-order valence-corrected chi connectivity index (χ4v) is 1.83. The van der Waals surface area contributed by atoms with Crippen molar-refractivity contribution in [3.63, 3.8) is 0 Å². The van der Waals surface area contributed by atoms with Gasteiger partial charge in [0.2, 0.25) is 0 Å². The molecule has 0 saturated heterocycles. The van der Waals surface area contributed by atoms with E-state index in [1.54, 1.807) is 6.26 Å². The van der Waals surface area contributed by atoms with Crippen LogP contribution in [0.15, 0.2) is 34.9 Å². The molecule has 0 spiro atoms. The highest BCUT2D eigenvalue weighted by molar-refractivity contribution is 5.30. The summed E-state index contributed by atoms with van der Waals surface area (Å²) in [6.45, 7) is 8.14. The number of aromatic nitrogens is 1. The Bertz CT molecular complexity index is 518. The molecule has 0 aliphatic carbocycles. The number of oxazole rings is 1. The van der Waals surface area contributed by atoms with Gasteiger partial charge in [-0.3, -0.25) is 0 Å². The molecule has 1 heterocycles. The van der Waals surface area contributed by atoms with Crippen LogP contribution < -0.4 is 10.1 Å². The van der Waals surface area contributed by atoms with Crippen molar-refractivity contribution >= 4 is 0 Å². The largest absolute Gasteiger partial charge is 0.417 e. The fourth-order valence-electron chi connectivity index (χ4n) is 1.83. The van der Waals surface area contributed by atoms with E-state index >= 15 is 0 Å². The lowest BCUT2D eigenvalue weighted by Crippen LogP contribution is -2.13. The molecule has 2 rings (SSSR count). The first-order valence-corrected chi connectivity index (χ1v) is 7.12. The third-order valence-corrected chi connectivity index (χ3v) is 3.02. The van der Waals surface area contributed by atoms with E-state index in [1.807, 2.05) is 12.1 Å². The number of nitrogens with one attached hydrogen (secondary N) is 1. The zero-order valence-electron chi connectivity index (χ0n) is 12.3. The molecule has 0 aliphatic heterocycles. The molecule has 20 heavy (non-hydrogen) atoms. The zero-order valence-corrected chi connectivity index (χ0v) is 12.3. The number of benzene rings is 1. The van der Waals surface area contributed by atoms with Crippen molar-refractivity contribution in [2.24, 2.45) is 0 Å². The zero-order chi connectivity index (χ0) is 14.4. The van der Waals surface area contributed by atoms with Crippen LogP contribution in [0, 0.1) is 0 Å². The Morgan fingerprint density at radius 1 is 1.25 bits per heavy atom. The van der Waals surface area contributed by atoms with Crippen LogP contribution in [0.1, 0.15) is 44.4 Å². The topological polar surface area (TPSA) is 47.3 Å². The van der Waals surface area contributed by atoms with E-state index in [2.05, 4.69) is 43.2 Å².